The highest BCUT2D eigenvalue weighted by Crippen LogP contribution is 2.28. The van der Waals surface area contributed by atoms with Crippen molar-refractivity contribution in [1.82, 2.24) is 0 Å². The normalized spacial score (nSPS) is 11.5. The van der Waals surface area contributed by atoms with Gasteiger partial charge in [-0.05, 0) is 67.1 Å². The Bertz CT molecular complexity index is 1440. The van der Waals surface area contributed by atoms with Gasteiger partial charge in [0.1, 0.15) is 5.75 Å². The van der Waals surface area contributed by atoms with Crippen molar-refractivity contribution in [3.8, 4) is 5.75 Å². The van der Waals surface area contributed by atoms with Crippen LogP contribution in [0.15, 0.2) is 65.6 Å². The number of amides is 1. The highest BCUT2D eigenvalue weighted by Gasteiger charge is 2.18. The van der Waals surface area contributed by atoms with E-state index < -0.39 is 26.0 Å². The molecule has 12 heteroatoms. The molecule has 0 saturated carbocycles. The van der Waals surface area contributed by atoms with Gasteiger partial charge in [0.2, 0.25) is 10.0 Å². The second-order valence-electron chi connectivity index (χ2n) is 7.36. The summed E-state index contributed by atoms with van der Waals surface area (Å²) in [5.41, 5.74) is 1.84. The monoisotopic (exact) mass is 523 g/mol. The molecular weight excluding hydrogens is 502 g/mol. The van der Waals surface area contributed by atoms with Crippen LogP contribution in [0.4, 0.5) is 17.1 Å². The van der Waals surface area contributed by atoms with E-state index in [-0.39, 0.29) is 21.2 Å². The van der Waals surface area contributed by atoms with Crippen LogP contribution in [-0.4, -0.2) is 36.1 Å². The molecular formula is C22H22ClN3O6S2. The van der Waals surface area contributed by atoms with Gasteiger partial charge in [0.15, 0.2) is 0 Å². The number of benzene rings is 3. The number of anilines is 3. The van der Waals surface area contributed by atoms with E-state index in [0.717, 1.165) is 11.8 Å². The van der Waals surface area contributed by atoms with E-state index in [0.29, 0.717) is 17.1 Å². The standard InChI is InChI=1S/C22H22ClN3O6S2/c1-14-4-11-21(32-2)20(12-14)26-34(30,31)17-8-5-15(6-9-17)24-22(27)18-10-7-16(13-19(18)23)25-33(3,28)29/h4-13,25-26H,1-3H3,(H,24,27). The van der Waals surface area contributed by atoms with Crippen LogP contribution >= 0.6 is 11.6 Å². The lowest BCUT2D eigenvalue weighted by atomic mass is 10.2. The third-order valence-electron chi connectivity index (χ3n) is 4.54. The highest BCUT2D eigenvalue weighted by atomic mass is 35.5. The molecule has 34 heavy (non-hydrogen) atoms. The van der Waals surface area contributed by atoms with E-state index in [4.69, 9.17) is 16.3 Å². The zero-order chi connectivity index (χ0) is 25.1. The summed E-state index contributed by atoms with van der Waals surface area (Å²) in [7, 11) is -5.95. The zero-order valence-corrected chi connectivity index (χ0v) is 20.8. The first-order valence-electron chi connectivity index (χ1n) is 9.74. The summed E-state index contributed by atoms with van der Waals surface area (Å²) in [6, 6.07) is 14.8. The summed E-state index contributed by atoms with van der Waals surface area (Å²) in [6.07, 6.45) is 0.998. The van der Waals surface area contributed by atoms with Gasteiger partial charge in [-0.25, -0.2) is 16.8 Å². The molecule has 0 radical (unpaired) electrons. The van der Waals surface area contributed by atoms with E-state index in [1.165, 1.54) is 49.6 Å². The van der Waals surface area contributed by atoms with E-state index in [9.17, 15) is 21.6 Å². The smallest absolute Gasteiger partial charge is 0.262 e. The Balaban J connectivity index is 1.74. The van der Waals surface area contributed by atoms with Gasteiger partial charge in [-0.2, -0.15) is 0 Å². The number of nitrogens with one attached hydrogen (secondary N) is 3. The molecule has 0 aromatic heterocycles. The van der Waals surface area contributed by atoms with E-state index in [1.54, 1.807) is 18.2 Å². The molecule has 0 spiro atoms. The second kappa shape index (κ2) is 9.92. The van der Waals surface area contributed by atoms with Crippen molar-refractivity contribution >= 4 is 54.6 Å². The Labute approximate surface area is 203 Å². The number of halogens is 1. The van der Waals surface area contributed by atoms with Crippen LogP contribution in [0.3, 0.4) is 0 Å². The first-order valence-corrected chi connectivity index (χ1v) is 13.5. The molecule has 3 aromatic carbocycles. The van der Waals surface area contributed by atoms with Crippen LogP contribution in [0.2, 0.25) is 5.02 Å². The summed E-state index contributed by atoms with van der Waals surface area (Å²) >= 11 is 6.12. The predicted octanol–water partition coefficient (Wildman–Crippen LogP) is 4.08. The molecule has 0 saturated heterocycles. The minimum atomic E-state index is -3.91. The Hall–Kier alpha value is -3.28. The summed E-state index contributed by atoms with van der Waals surface area (Å²) in [4.78, 5) is 12.6. The fourth-order valence-corrected chi connectivity index (χ4v) is 4.88. The average Bonchev–Trinajstić information content (AvgIpc) is 2.73. The third kappa shape index (κ3) is 6.40. The maximum atomic E-state index is 12.8. The number of carbonyl (C=O) groups excluding carboxylic acids is 1. The molecule has 3 N–H and O–H groups in total. The number of carbonyl (C=O) groups is 1. The average molecular weight is 524 g/mol. The molecule has 0 unspecified atom stereocenters. The predicted molar refractivity (Wildman–Crippen MR) is 133 cm³/mol. The van der Waals surface area contributed by atoms with E-state index >= 15 is 0 Å². The lowest BCUT2D eigenvalue weighted by Crippen LogP contribution is -2.15. The SMILES string of the molecule is COc1ccc(C)cc1NS(=O)(=O)c1ccc(NC(=O)c2ccc(NS(C)(=O)=O)cc2Cl)cc1. The number of methoxy groups -OCH3 is 1. The molecule has 0 aliphatic carbocycles. The van der Waals surface area contributed by atoms with Gasteiger partial charge in [0, 0.05) is 11.4 Å². The number of hydrogen-bond donors (Lipinski definition) is 3. The first kappa shape index (κ1) is 25.3. The molecule has 1 amide bonds. The number of sulfonamides is 2. The quantitative estimate of drug-likeness (QED) is 0.408. The van der Waals surface area contributed by atoms with E-state index in [2.05, 4.69) is 14.8 Å². The summed E-state index contributed by atoms with van der Waals surface area (Å²) in [6.45, 7) is 1.83. The van der Waals surface area contributed by atoms with Crippen LogP contribution in [0, 0.1) is 6.92 Å². The van der Waals surface area contributed by atoms with Gasteiger partial charge >= 0.3 is 0 Å². The van der Waals surface area contributed by atoms with Crippen molar-refractivity contribution in [2.45, 2.75) is 11.8 Å². The maximum absolute atomic E-state index is 12.8. The van der Waals surface area contributed by atoms with Gasteiger partial charge < -0.3 is 10.1 Å². The largest absolute Gasteiger partial charge is 0.495 e. The number of hydrogen-bond acceptors (Lipinski definition) is 6. The van der Waals surface area contributed by atoms with Crippen LogP contribution in [0.1, 0.15) is 15.9 Å². The van der Waals surface area contributed by atoms with Crippen molar-refractivity contribution in [2.24, 2.45) is 0 Å². The minimum Gasteiger partial charge on any atom is -0.495 e. The van der Waals surface area contributed by atoms with Crippen molar-refractivity contribution in [1.29, 1.82) is 0 Å². The Kier molecular flexibility index (Phi) is 7.39. The van der Waals surface area contributed by atoms with Crippen LogP contribution in [-0.2, 0) is 20.0 Å². The third-order valence-corrected chi connectivity index (χ3v) is 6.84. The Morgan fingerprint density at radius 2 is 1.53 bits per heavy atom. The lowest BCUT2D eigenvalue weighted by Gasteiger charge is -2.13. The van der Waals surface area contributed by atoms with Crippen molar-refractivity contribution in [3.63, 3.8) is 0 Å². The highest BCUT2D eigenvalue weighted by molar-refractivity contribution is 7.92. The molecule has 0 aliphatic rings. The number of ether oxygens (including phenoxy) is 1. The second-order valence-corrected chi connectivity index (χ2v) is 11.2. The molecule has 0 atom stereocenters. The fourth-order valence-electron chi connectivity index (χ4n) is 3.00. The summed E-state index contributed by atoms with van der Waals surface area (Å²) in [5.74, 6) is -0.165. The van der Waals surface area contributed by atoms with Gasteiger partial charge in [-0.3, -0.25) is 14.2 Å². The van der Waals surface area contributed by atoms with E-state index in [1.807, 2.05) is 6.92 Å². The first-order chi connectivity index (χ1) is 15.9. The minimum absolute atomic E-state index is 0.0108. The zero-order valence-electron chi connectivity index (χ0n) is 18.4. The van der Waals surface area contributed by atoms with Crippen molar-refractivity contribution < 1.29 is 26.4 Å². The lowest BCUT2D eigenvalue weighted by molar-refractivity contribution is 0.102. The van der Waals surface area contributed by atoms with Crippen molar-refractivity contribution in [3.05, 3.63) is 76.8 Å². The number of aryl methyl sites for hydroxylation is 1. The maximum Gasteiger partial charge on any atom is 0.262 e. The summed E-state index contributed by atoms with van der Waals surface area (Å²) < 4.78 is 58.2. The Morgan fingerprint density at radius 3 is 2.12 bits per heavy atom. The topological polar surface area (TPSA) is 131 Å². The Morgan fingerprint density at radius 1 is 0.882 bits per heavy atom. The van der Waals surface area contributed by atoms with Crippen LogP contribution in [0.5, 0.6) is 5.75 Å². The van der Waals surface area contributed by atoms with Gasteiger partial charge in [-0.1, -0.05) is 17.7 Å². The van der Waals surface area contributed by atoms with Crippen LogP contribution in [0.25, 0.3) is 0 Å². The fraction of sp³-hybridized carbons (Fsp3) is 0.136. The molecule has 0 heterocycles. The summed E-state index contributed by atoms with van der Waals surface area (Å²) in [5, 5.41) is 2.67. The van der Waals surface area contributed by atoms with Crippen molar-refractivity contribution in [2.75, 3.05) is 28.1 Å². The van der Waals surface area contributed by atoms with Crippen LogP contribution < -0.4 is 19.5 Å². The van der Waals surface area contributed by atoms with Gasteiger partial charge in [0.25, 0.3) is 15.9 Å². The molecule has 180 valence electrons. The van der Waals surface area contributed by atoms with Gasteiger partial charge in [-0.15, -0.1) is 0 Å². The molecule has 0 bridgehead atoms. The number of rotatable bonds is 8. The molecule has 3 rings (SSSR count). The molecule has 9 nitrogen and oxygen atoms in total. The molecule has 0 fully saturated rings. The molecule has 0 aliphatic heterocycles. The van der Waals surface area contributed by atoms with Gasteiger partial charge in [0.05, 0.1) is 34.5 Å². The molecule has 3 aromatic rings.